The number of aromatic hydroxyl groups is 1. The zero-order chi connectivity index (χ0) is 19.1. The van der Waals surface area contributed by atoms with Gasteiger partial charge >= 0.3 is 0 Å². The van der Waals surface area contributed by atoms with E-state index in [1.165, 1.54) is 18.3 Å². The first-order chi connectivity index (χ1) is 12.4. The molecule has 2 rings (SSSR count). The second kappa shape index (κ2) is 8.89. The number of ether oxygens (including phenoxy) is 2. The van der Waals surface area contributed by atoms with Crippen LogP contribution in [0.4, 0.5) is 0 Å². The fourth-order valence-corrected chi connectivity index (χ4v) is 2.21. The Morgan fingerprint density at radius 3 is 2.42 bits per heavy atom. The summed E-state index contributed by atoms with van der Waals surface area (Å²) in [6.45, 7) is 7.76. The Kier molecular flexibility index (Phi) is 6.60. The molecule has 0 atom stereocenters. The fraction of sp³-hybridized carbons (Fsp3) is 0.300. The number of para-hydroxylation sites is 1. The van der Waals surface area contributed by atoms with E-state index in [1.54, 1.807) is 18.2 Å². The molecule has 0 unspecified atom stereocenters. The Morgan fingerprint density at radius 1 is 1.08 bits per heavy atom. The molecule has 2 aromatic carbocycles. The second-order valence-corrected chi connectivity index (χ2v) is 6.25. The summed E-state index contributed by atoms with van der Waals surface area (Å²) in [5, 5.41) is 13.7. The summed E-state index contributed by atoms with van der Waals surface area (Å²) >= 11 is 0. The first kappa shape index (κ1) is 19.3. The van der Waals surface area contributed by atoms with E-state index in [-0.39, 0.29) is 23.5 Å². The van der Waals surface area contributed by atoms with E-state index < -0.39 is 5.91 Å². The van der Waals surface area contributed by atoms with Crippen molar-refractivity contribution in [2.24, 2.45) is 5.10 Å². The number of phenolic OH excluding ortho intramolecular Hbond substituents is 1. The quantitative estimate of drug-likeness (QED) is 0.585. The first-order valence-corrected chi connectivity index (χ1v) is 8.45. The van der Waals surface area contributed by atoms with Gasteiger partial charge in [0.1, 0.15) is 17.2 Å². The normalized spacial score (nSPS) is 11.2. The smallest absolute Gasteiger partial charge is 0.275 e. The van der Waals surface area contributed by atoms with Gasteiger partial charge in [-0.15, -0.1) is 0 Å². The van der Waals surface area contributed by atoms with Crippen LogP contribution in [0, 0.1) is 0 Å². The average molecular weight is 356 g/mol. The third-order valence-electron chi connectivity index (χ3n) is 3.24. The van der Waals surface area contributed by atoms with E-state index in [0.717, 1.165) is 0 Å². The summed E-state index contributed by atoms with van der Waals surface area (Å²) in [5.41, 5.74) is 3.26. The van der Waals surface area contributed by atoms with Gasteiger partial charge < -0.3 is 14.6 Å². The maximum atomic E-state index is 12.1. The highest BCUT2D eigenvalue weighted by Crippen LogP contribution is 2.25. The van der Waals surface area contributed by atoms with E-state index in [4.69, 9.17) is 9.47 Å². The standard InChI is InChI=1S/C20H24N2O4/c1-13(2)25-16-10-9-15(19(11-16)26-14(3)4)12-21-22-20(24)17-7-5-6-8-18(17)23/h5-14,23H,1-4H3,(H,22,24)/b21-12+. The number of rotatable bonds is 7. The van der Waals surface area contributed by atoms with E-state index in [0.29, 0.717) is 17.1 Å². The Bertz CT molecular complexity index is 785. The van der Waals surface area contributed by atoms with Gasteiger partial charge in [-0.25, -0.2) is 5.43 Å². The van der Waals surface area contributed by atoms with Crippen molar-refractivity contribution in [3.63, 3.8) is 0 Å². The third-order valence-corrected chi connectivity index (χ3v) is 3.24. The zero-order valence-corrected chi connectivity index (χ0v) is 15.4. The van der Waals surface area contributed by atoms with Crippen LogP contribution in [0.1, 0.15) is 43.6 Å². The summed E-state index contributed by atoms with van der Waals surface area (Å²) in [6, 6.07) is 11.7. The van der Waals surface area contributed by atoms with Crippen LogP contribution in [0.25, 0.3) is 0 Å². The van der Waals surface area contributed by atoms with Crippen molar-refractivity contribution < 1.29 is 19.4 Å². The molecular weight excluding hydrogens is 332 g/mol. The number of hydrogen-bond acceptors (Lipinski definition) is 5. The maximum absolute atomic E-state index is 12.1. The Balaban J connectivity index is 2.15. The summed E-state index contributed by atoms with van der Waals surface area (Å²) in [4.78, 5) is 12.1. The van der Waals surface area contributed by atoms with Gasteiger partial charge in [0, 0.05) is 11.6 Å². The molecule has 0 saturated heterocycles. The highest BCUT2D eigenvalue weighted by Gasteiger charge is 2.10. The van der Waals surface area contributed by atoms with Crippen LogP contribution < -0.4 is 14.9 Å². The molecule has 2 N–H and O–H groups in total. The van der Waals surface area contributed by atoms with Crippen LogP contribution in [-0.4, -0.2) is 29.4 Å². The fourth-order valence-electron chi connectivity index (χ4n) is 2.21. The van der Waals surface area contributed by atoms with E-state index in [1.807, 2.05) is 39.8 Å². The molecule has 0 aliphatic rings. The number of carbonyl (C=O) groups is 1. The van der Waals surface area contributed by atoms with Crippen molar-refractivity contribution in [2.45, 2.75) is 39.9 Å². The molecule has 0 saturated carbocycles. The van der Waals surface area contributed by atoms with Crippen LogP contribution >= 0.6 is 0 Å². The molecule has 0 bridgehead atoms. The van der Waals surface area contributed by atoms with Gasteiger partial charge in [-0.2, -0.15) is 5.10 Å². The van der Waals surface area contributed by atoms with Gasteiger partial charge in [-0.05, 0) is 52.0 Å². The number of benzene rings is 2. The van der Waals surface area contributed by atoms with Crippen molar-refractivity contribution >= 4 is 12.1 Å². The molecule has 26 heavy (non-hydrogen) atoms. The van der Waals surface area contributed by atoms with Gasteiger partial charge in [-0.3, -0.25) is 4.79 Å². The third kappa shape index (κ3) is 5.51. The van der Waals surface area contributed by atoms with Crippen molar-refractivity contribution in [3.05, 3.63) is 53.6 Å². The molecule has 138 valence electrons. The van der Waals surface area contributed by atoms with Crippen molar-refractivity contribution in [1.29, 1.82) is 0 Å². The van der Waals surface area contributed by atoms with Crippen molar-refractivity contribution in [2.75, 3.05) is 0 Å². The molecule has 1 amide bonds. The van der Waals surface area contributed by atoms with Crippen LogP contribution in [0.5, 0.6) is 17.2 Å². The topological polar surface area (TPSA) is 80.2 Å². The molecule has 2 aromatic rings. The SMILES string of the molecule is CC(C)Oc1ccc(/C=N/NC(=O)c2ccccc2O)c(OC(C)C)c1. The number of carbonyl (C=O) groups excluding carboxylic acids is 1. The summed E-state index contributed by atoms with van der Waals surface area (Å²) in [7, 11) is 0. The molecular formula is C20H24N2O4. The van der Waals surface area contributed by atoms with Crippen LogP contribution in [0.3, 0.4) is 0 Å². The number of nitrogens with one attached hydrogen (secondary N) is 1. The highest BCUT2D eigenvalue weighted by molar-refractivity contribution is 5.97. The summed E-state index contributed by atoms with van der Waals surface area (Å²) in [5.74, 6) is 0.717. The van der Waals surface area contributed by atoms with Crippen LogP contribution in [0.15, 0.2) is 47.6 Å². The Labute approximate surface area is 153 Å². The Morgan fingerprint density at radius 2 is 1.77 bits per heavy atom. The van der Waals surface area contributed by atoms with Gasteiger partial charge in [0.2, 0.25) is 0 Å². The number of phenols is 1. The monoisotopic (exact) mass is 356 g/mol. The number of nitrogens with zero attached hydrogens (tertiary/aromatic N) is 1. The van der Waals surface area contributed by atoms with Gasteiger partial charge in [-0.1, -0.05) is 12.1 Å². The lowest BCUT2D eigenvalue weighted by molar-refractivity contribution is 0.0952. The van der Waals surface area contributed by atoms with Crippen molar-refractivity contribution in [3.8, 4) is 17.2 Å². The molecule has 0 heterocycles. The van der Waals surface area contributed by atoms with Gasteiger partial charge in [0.25, 0.3) is 5.91 Å². The lowest BCUT2D eigenvalue weighted by atomic mass is 10.2. The van der Waals surface area contributed by atoms with Crippen LogP contribution in [-0.2, 0) is 0 Å². The molecule has 6 nitrogen and oxygen atoms in total. The molecule has 0 fully saturated rings. The second-order valence-electron chi connectivity index (χ2n) is 6.25. The minimum atomic E-state index is -0.495. The van der Waals surface area contributed by atoms with Crippen LogP contribution in [0.2, 0.25) is 0 Å². The van der Waals surface area contributed by atoms with E-state index >= 15 is 0 Å². The predicted octanol–water partition coefficient (Wildman–Crippen LogP) is 3.73. The zero-order valence-electron chi connectivity index (χ0n) is 15.4. The highest BCUT2D eigenvalue weighted by atomic mass is 16.5. The predicted molar refractivity (Wildman–Crippen MR) is 101 cm³/mol. The largest absolute Gasteiger partial charge is 0.507 e. The lowest BCUT2D eigenvalue weighted by Crippen LogP contribution is -2.17. The van der Waals surface area contributed by atoms with Gasteiger partial charge in [0.15, 0.2) is 0 Å². The van der Waals surface area contributed by atoms with Gasteiger partial charge in [0.05, 0.1) is 24.0 Å². The molecule has 0 radical (unpaired) electrons. The average Bonchev–Trinajstić information content (AvgIpc) is 2.56. The van der Waals surface area contributed by atoms with Crippen molar-refractivity contribution in [1.82, 2.24) is 5.43 Å². The lowest BCUT2D eigenvalue weighted by Gasteiger charge is -2.15. The number of hydrazone groups is 1. The summed E-state index contributed by atoms with van der Waals surface area (Å²) < 4.78 is 11.5. The Hall–Kier alpha value is -3.02. The minimum Gasteiger partial charge on any atom is -0.507 e. The van der Waals surface area contributed by atoms with E-state index in [9.17, 15) is 9.90 Å². The first-order valence-electron chi connectivity index (χ1n) is 8.45. The molecule has 0 aliphatic heterocycles. The minimum absolute atomic E-state index is 0.0210. The molecule has 0 spiro atoms. The molecule has 0 aliphatic carbocycles. The number of amides is 1. The molecule has 0 aromatic heterocycles. The maximum Gasteiger partial charge on any atom is 0.275 e. The number of hydrogen-bond donors (Lipinski definition) is 2. The summed E-state index contributed by atoms with van der Waals surface area (Å²) in [6.07, 6.45) is 1.53. The molecule has 6 heteroatoms. The van der Waals surface area contributed by atoms with E-state index in [2.05, 4.69) is 10.5 Å².